The maximum absolute atomic E-state index is 4.80. The highest BCUT2D eigenvalue weighted by molar-refractivity contribution is 7.11. The highest BCUT2D eigenvalue weighted by atomic mass is 32.1. The average Bonchev–Trinajstić information content (AvgIpc) is 2.59. The van der Waals surface area contributed by atoms with Gasteiger partial charge in [0.05, 0.1) is 5.69 Å². The molecular formula is C12H20N2S. The van der Waals surface area contributed by atoms with Gasteiger partial charge in [0.25, 0.3) is 0 Å². The van der Waals surface area contributed by atoms with Gasteiger partial charge >= 0.3 is 0 Å². The Morgan fingerprint density at radius 2 is 2.27 bits per heavy atom. The van der Waals surface area contributed by atoms with Crippen molar-refractivity contribution >= 4 is 11.3 Å². The summed E-state index contributed by atoms with van der Waals surface area (Å²) >= 11 is 1.90. The first-order valence-corrected chi connectivity index (χ1v) is 6.65. The van der Waals surface area contributed by atoms with E-state index in [2.05, 4.69) is 26.1 Å². The van der Waals surface area contributed by atoms with Crippen molar-refractivity contribution in [2.45, 2.75) is 52.0 Å². The van der Waals surface area contributed by atoms with Crippen molar-refractivity contribution in [1.29, 1.82) is 0 Å². The van der Waals surface area contributed by atoms with Crippen LogP contribution in [0, 0.1) is 0 Å². The van der Waals surface area contributed by atoms with Gasteiger partial charge in [-0.2, -0.15) is 0 Å². The fraction of sp³-hybridized carbons (Fsp3) is 0.750. The van der Waals surface area contributed by atoms with Gasteiger partial charge in [-0.3, -0.25) is 0 Å². The van der Waals surface area contributed by atoms with Crippen molar-refractivity contribution < 1.29 is 0 Å². The van der Waals surface area contributed by atoms with Gasteiger partial charge in [0.15, 0.2) is 0 Å². The number of hydrogen-bond acceptors (Lipinski definition) is 3. The van der Waals surface area contributed by atoms with Gasteiger partial charge in [-0.25, -0.2) is 4.98 Å². The molecule has 0 saturated heterocycles. The molecule has 3 heteroatoms. The van der Waals surface area contributed by atoms with Crippen molar-refractivity contribution in [2.24, 2.45) is 0 Å². The van der Waals surface area contributed by atoms with Crippen LogP contribution in [-0.2, 0) is 18.4 Å². The van der Waals surface area contributed by atoms with Crippen LogP contribution in [0.2, 0.25) is 0 Å². The van der Waals surface area contributed by atoms with E-state index in [0.717, 1.165) is 13.1 Å². The number of thiazole rings is 1. The SMILES string of the molecule is CCNCc1nc2c(s1)CCCC2(C)C. The number of hydrogen-bond donors (Lipinski definition) is 1. The van der Waals surface area contributed by atoms with E-state index in [1.165, 1.54) is 34.8 Å². The smallest absolute Gasteiger partial charge is 0.107 e. The van der Waals surface area contributed by atoms with Crippen LogP contribution >= 0.6 is 11.3 Å². The van der Waals surface area contributed by atoms with Crippen LogP contribution in [0.1, 0.15) is 49.2 Å². The normalized spacial score (nSPS) is 18.9. The Morgan fingerprint density at radius 3 is 2.93 bits per heavy atom. The molecule has 2 nitrogen and oxygen atoms in total. The highest BCUT2D eigenvalue weighted by Gasteiger charge is 2.30. The maximum atomic E-state index is 4.80. The summed E-state index contributed by atoms with van der Waals surface area (Å²) in [7, 11) is 0. The van der Waals surface area contributed by atoms with Gasteiger partial charge in [0, 0.05) is 16.8 Å². The molecule has 0 spiro atoms. The molecule has 0 amide bonds. The first-order valence-electron chi connectivity index (χ1n) is 5.83. The predicted molar refractivity (Wildman–Crippen MR) is 65.5 cm³/mol. The predicted octanol–water partition coefficient (Wildman–Crippen LogP) is 2.87. The van der Waals surface area contributed by atoms with Gasteiger partial charge in [-0.1, -0.05) is 20.8 Å². The minimum Gasteiger partial charge on any atom is -0.311 e. The monoisotopic (exact) mass is 224 g/mol. The second-order valence-corrected chi connectivity index (χ2v) is 6.07. The molecule has 1 N–H and O–H groups in total. The molecule has 1 heterocycles. The summed E-state index contributed by atoms with van der Waals surface area (Å²) < 4.78 is 0. The Bertz CT molecular complexity index is 341. The van der Waals surface area contributed by atoms with Gasteiger partial charge in [-0.15, -0.1) is 11.3 Å². The third kappa shape index (κ3) is 2.23. The molecular weight excluding hydrogens is 204 g/mol. The van der Waals surface area contributed by atoms with E-state index in [-0.39, 0.29) is 0 Å². The lowest BCUT2D eigenvalue weighted by atomic mass is 9.79. The number of nitrogens with zero attached hydrogens (tertiary/aromatic N) is 1. The fourth-order valence-electron chi connectivity index (χ4n) is 2.22. The summed E-state index contributed by atoms with van der Waals surface area (Å²) in [6.45, 7) is 8.73. The largest absolute Gasteiger partial charge is 0.311 e. The molecule has 1 aliphatic carbocycles. The topological polar surface area (TPSA) is 24.9 Å². The Balaban J connectivity index is 2.22. The summed E-state index contributed by atoms with van der Waals surface area (Å²) in [6, 6.07) is 0. The minimum atomic E-state index is 0.300. The molecule has 84 valence electrons. The first-order chi connectivity index (χ1) is 7.13. The van der Waals surface area contributed by atoms with Crippen LogP contribution in [0.3, 0.4) is 0 Å². The lowest BCUT2D eigenvalue weighted by molar-refractivity contribution is 0.423. The third-order valence-electron chi connectivity index (χ3n) is 3.11. The molecule has 0 aliphatic heterocycles. The number of fused-ring (bicyclic) bond motifs is 1. The molecule has 0 bridgehead atoms. The van der Waals surface area contributed by atoms with Gasteiger partial charge in [0.2, 0.25) is 0 Å². The van der Waals surface area contributed by atoms with Crippen molar-refractivity contribution in [3.63, 3.8) is 0 Å². The van der Waals surface area contributed by atoms with E-state index in [0.29, 0.717) is 5.41 Å². The van der Waals surface area contributed by atoms with Crippen molar-refractivity contribution in [3.8, 4) is 0 Å². The van der Waals surface area contributed by atoms with E-state index in [9.17, 15) is 0 Å². The number of aryl methyl sites for hydroxylation is 1. The second-order valence-electron chi connectivity index (χ2n) is 4.90. The summed E-state index contributed by atoms with van der Waals surface area (Å²) in [5, 5.41) is 4.61. The lowest BCUT2D eigenvalue weighted by Gasteiger charge is -2.28. The molecule has 0 unspecified atom stereocenters. The molecule has 2 rings (SSSR count). The Morgan fingerprint density at radius 1 is 1.47 bits per heavy atom. The minimum absolute atomic E-state index is 0.300. The molecule has 0 fully saturated rings. The summed E-state index contributed by atoms with van der Waals surface area (Å²) in [4.78, 5) is 6.32. The highest BCUT2D eigenvalue weighted by Crippen LogP contribution is 2.38. The number of nitrogens with one attached hydrogen (secondary N) is 1. The zero-order chi connectivity index (χ0) is 10.9. The van der Waals surface area contributed by atoms with Crippen LogP contribution in [-0.4, -0.2) is 11.5 Å². The summed E-state index contributed by atoms with van der Waals surface area (Å²) in [5.41, 5.74) is 1.67. The van der Waals surface area contributed by atoms with Crippen LogP contribution in [0.4, 0.5) is 0 Å². The molecule has 1 aromatic rings. The number of rotatable bonds is 3. The van der Waals surface area contributed by atoms with Crippen molar-refractivity contribution in [2.75, 3.05) is 6.54 Å². The summed E-state index contributed by atoms with van der Waals surface area (Å²) in [6.07, 6.45) is 3.84. The van der Waals surface area contributed by atoms with E-state index in [4.69, 9.17) is 4.98 Å². The zero-order valence-electron chi connectivity index (χ0n) is 9.89. The first kappa shape index (κ1) is 11.1. The zero-order valence-corrected chi connectivity index (χ0v) is 10.7. The number of aromatic nitrogens is 1. The second kappa shape index (κ2) is 4.22. The van der Waals surface area contributed by atoms with Crippen molar-refractivity contribution in [1.82, 2.24) is 10.3 Å². The van der Waals surface area contributed by atoms with Crippen LogP contribution in [0.15, 0.2) is 0 Å². The summed E-state index contributed by atoms with van der Waals surface area (Å²) in [5.74, 6) is 0. The van der Waals surface area contributed by atoms with E-state index in [1.54, 1.807) is 0 Å². The molecule has 1 aromatic heterocycles. The fourth-order valence-corrected chi connectivity index (χ4v) is 3.48. The Labute approximate surface area is 96.1 Å². The lowest BCUT2D eigenvalue weighted by Crippen LogP contribution is -2.23. The van der Waals surface area contributed by atoms with Crippen LogP contribution in [0.5, 0.6) is 0 Å². The molecule has 1 aliphatic rings. The average molecular weight is 224 g/mol. The van der Waals surface area contributed by atoms with Crippen LogP contribution < -0.4 is 5.32 Å². The molecule has 0 aromatic carbocycles. The quantitative estimate of drug-likeness (QED) is 0.854. The van der Waals surface area contributed by atoms with Gasteiger partial charge < -0.3 is 5.32 Å². The Kier molecular flexibility index (Phi) is 3.12. The van der Waals surface area contributed by atoms with Crippen LogP contribution in [0.25, 0.3) is 0 Å². The molecule has 0 radical (unpaired) electrons. The Hall–Kier alpha value is -0.410. The maximum Gasteiger partial charge on any atom is 0.107 e. The third-order valence-corrected chi connectivity index (χ3v) is 4.23. The molecule has 0 saturated carbocycles. The van der Waals surface area contributed by atoms with Gasteiger partial charge in [-0.05, 0) is 25.8 Å². The van der Waals surface area contributed by atoms with E-state index >= 15 is 0 Å². The molecule has 15 heavy (non-hydrogen) atoms. The van der Waals surface area contributed by atoms with E-state index in [1.807, 2.05) is 11.3 Å². The van der Waals surface area contributed by atoms with Crippen molar-refractivity contribution in [3.05, 3.63) is 15.6 Å². The van der Waals surface area contributed by atoms with E-state index < -0.39 is 0 Å². The van der Waals surface area contributed by atoms with Gasteiger partial charge in [0.1, 0.15) is 5.01 Å². The standard InChI is InChI=1S/C12H20N2S/c1-4-13-8-10-14-11-9(15-10)6-5-7-12(11,2)3/h13H,4-8H2,1-3H3. The molecule has 0 atom stereocenters.